The molecule has 1 amide bonds. The molecular weight excluding hydrogens is 230 g/mol. The van der Waals surface area contributed by atoms with Gasteiger partial charge in [-0.15, -0.1) is 10.2 Å². The zero-order valence-corrected chi connectivity index (χ0v) is 10.6. The van der Waals surface area contributed by atoms with Crippen molar-refractivity contribution >= 4 is 5.91 Å². The summed E-state index contributed by atoms with van der Waals surface area (Å²) in [4.78, 5) is 12.8. The number of hydrogen-bond acceptors (Lipinski definition) is 4. The quantitative estimate of drug-likeness (QED) is 0.874. The molecule has 1 N–H and O–H groups in total. The second kappa shape index (κ2) is 4.95. The van der Waals surface area contributed by atoms with Crippen molar-refractivity contribution in [2.45, 2.75) is 19.9 Å². The van der Waals surface area contributed by atoms with Crippen molar-refractivity contribution in [1.29, 1.82) is 0 Å². The molecule has 2 rings (SSSR count). The molecule has 0 aliphatic heterocycles. The predicted octanol–water partition coefficient (Wildman–Crippen LogP) is 0.956. The zero-order chi connectivity index (χ0) is 13.1. The number of benzene rings is 1. The van der Waals surface area contributed by atoms with Crippen molar-refractivity contribution < 1.29 is 4.79 Å². The van der Waals surface area contributed by atoms with Crippen LogP contribution in [0.5, 0.6) is 0 Å². The van der Waals surface area contributed by atoms with Crippen LogP contribution in [0.15, 0.2) is 24.3 Å². The molecule has 0 spiro atoms. The minimum atomic E-state index is -0.471. The topological polar surface area (TPSA) is 72.7 Å². The van der Waals surface area contributed by atoms with E-state index < -0.39 is 6.04 Å². The number of carbonyl (C=O) groups is 1. The monoisotopic (exact) mass is 245 g/mol. The van der Waals surface area contributed by atoms with Crippen LogP contribution in [0.4, 0.5) is 0 Å². The van der Waals surface area contributed by atoms with Crippen molar-refractivity contribution in [3.8, 4) is 11.4 Å². The fraction of sp³-hybridized carbons (Fsp3) is 0.333. The van der Waals surface area contributed by atoms with E-state index in [1.165, 1.54) is 10.4 Å². The van der Waals surface area contributed by atoms with Gasteiger partial charge in [-0.05, 0) is 19.1 Å². The molecule has 0 saturated carbocycles. The third-order valence-electron chi connectivity index (χ3n) is 2.71. The Hall–Kier alpha value is -2.24. The van der Waals surface area contributed by atoms with E-state index in [1.54, 1.807) is 14.0 Å². The molecule has 0 bridgehead atoms. The van der Waals surface area contributed by atoms with Gasteiger partial charge in [0.15, 0.2) is 0 Å². The first-order valence-electron chi connectivity index (χ1n) is 5.70. The summed E-state index contributed by atoms with van der Waals surface area (Å²) >= 11 is 0. The van der Waals surface area contributed by atoms with Gasteiger partial charge in [-0.25, -0.2) is 0 Å². The van der Waals surface area contributed by atoms with E-state index in [0.29, 0.717) is 5.82 Å². The minimum Gasteiger partial charge on any atom is -0.357 e. The molecule has 18 heavy (non-hydrogen) atoms. The predicted molar refractivity (Wildman–Crippen MR) is 66.8 cm³/mol. The van der Waals surface area contributed by atoms with Crippen LogP contribution in [0.2, 0.25) is 0 Å². The summed E-state index contributed by atoms with van der Waals surface area (Å²) in [5, 5.41) is 14.6. The van der Waals surface area contributed by atoms with Crippen LogP contribution in [0.25, 0.3) is 11.4 Å². The molecule has 0 aliphatic rings. The van der Waals surface area contributed by atoms with Gasteiger partial charge in [0.2, 0.25) is 11.7 Å². The van der Waals surface area contributed by atoms with E-state index in [4.69, 9.17) is 0 Å². The Morgan fingerprint density at radius 2 is 2.00 bits per heavy atom. The normalized spacial score (nSPS) is 12.2. The van der Waals surface area contributed by atoms with Crippen LogP contribution >= 0.6 is 0 Å². The Kier molecular flexibility index (Phi) is 3.36. The van der Waals surface area contributed by atoms with Crippen LogP contribution in [-0.4, -0.2) is 33.2 Å². The van der Waals surface area contributed by atoms with Gasteiger partial charge in [-0.2, -0.15) is 4.80 Å². The number of nitrogens with one attached hydrogen (secondary N) is 1. The molecular formula is C12H15N5O. The Morgan fingerprint density at radius 3 is 2.61 bits per heavy atom. The van der Waals surface area contributed by atoms with Crippen LogP contribution < -0.4 is 5.32 Å². The average molecular weight is 245 g/mol. The molecule has 1 aromatic heterocycles. The van der Waals surface area contributed by atoms with E-state index in [2.05, 4.69) is 20.7 Å². The average Bonchev–Trinajstić information content (AvgIpc) is 2.87. The number of rotatable bonds is 3. The minimum absolute atomic E-state index is 0.150. The largest absolute Gasteiger partial charge is 0.357 e. The van der Waals surface area contributed by atoms with Gasteiger partial charge in [0, 0.05) is 12.6 Å². The van der Waals surface area contributed by atoms with E-state index in [9.17, 15) is 4.79 Å². The SMILES string of the molecule is CNC(=O)[C@H](C)n1nnc(-c2ccc(C)cc2)n1. The first-order valence-corrected chi connectivity index (χ1v) is 5.70. The van der Waals surface area contributed by atoms with Crippen LogP contribution in [-0.2, 0) is 4.79 Å². The number of carbonyl (C=O) groups excluding carboxylic acids is 1. The van der Waals surface area contributed by atoms with E-state index in [0.717, 1.165) is 5.56 Å². The van der Waals surface area contributed by atoms with Crippen LogP contribution in [0.3, 0.4) is 0 Å². The maximum Gasteiger partial charge on any atom is 0.246 e. The van der Waals surface area contributed by atoms with Gasteiger partial charge in [-0.1, -0.05) is 29.8 Å². The molecule has 6 heteroatoms. The van der Waals surface area contributed by atoms with Crippen molar-refractivity contribution in [1.82, 2.24) is 25.5 Å². The van der Waals surface area contributed by atoms with Crippen molar-refractivity contribution in [3.05, 3.63) is 29.8 Å². The van der Waals surface area contributed by atoms with Gasteiger partial charge in [0.05, 0.1) is 0 Å². The summed E-state index contributed by atoms with van der Waals surface area (Å²) in [6, 6.07) is 7.36. The summed E-state index contributed by atoms with van der Waals surface area (Å²) in [5.41, 5.74) is 2.06. The number of aromatic nitrogens is 4. The van der Waals surface area contributed by atoms with Gasteiger partial charge < -0.3 is 5.32 Å². The van der Waals surface area contributed by atoms with Gasteiger partial charge >= 0.3 is 0 Å². The van der Waals surface area contributed by atoms with Gasteiger partial charge in [-0.3, -0.25) is 4.79 Å². The number of hydrogen-bond donors (Lipinski definition) is 1. The molecule has 1 atom stereocenters. The Balaban J connectivity index is 2.25. The molecule has 0 saturated heterocycles. The van der Waals surface area contributed by atoms with Gasteiger partial charge in [0.25, 0.3) is 0 Å². The second-order valence-electron chi connectivity index (χ2n) is 4.09. The highest BCUT2D eigenvalue weighted by Crippen LogP contribution is 2.15. The fourth-order valence-electron chi connectivity index (χ4n) is 1.52. The molecule has 0 unspecified atom stereocenters. The lowest BCUT2D eigenvalue weighted by Crippen LogP contribution is -2.29. The lowest BCUT2D eigenvalue weighted by atomic mass is 10.1. The molecule has 2 aromatic rings. The third-order valence-corrected chi connectivity index (χ3v) is 2.71. The highest BCUT2D eigenvalue weighted by molar-refractivity contribution is 5.79. The molecule has 6 nitrogen and oxygen atoms in total. The summed E-state index contributed by atoms with van der Waals surface area (Å²) in [6.07, 6.45) is 0. The molecule has 1 heterocycles. The Bertz CT molecular complexity index is 546. The number of nitrogens with zero attached hydrogens (tertiary/aromatic N) is 4. The lowest BCUT2D eigenvalue weighted by molar-refractivity contribution is -0.123. The molecule has 94 valence electrons. The zero-order valence-electron chi connectivity index (χ0n) is 10.6. The molecule has 0 radical (unpaired) electrons. The third kappa shape index (κ3) is 2.37. The lowest BCUT2D eigenvalue weighted by Gasteiger charge is -2.06. The van der Waals surface area contributed by atoms with E-state index >= 15 is 0 Å². The van der Waals surface area contributed by atoms with Crippen molar-refractivity contribution in [3.63, 3.8) is 0 Å². The highest BCUT2D eigenvalue weighted by atomic mass is 16.2. The van der Waals surface area contributed by atoms with Crippen molar-refractivity contribution in [2.75, 3.05) is 7.05 Å². The van der Waals surface area contributed by atoms with Crippen LogP contribution in [0.1, 0.15) is 18.5 Å². The first-order chi connectivity index (χ1) is 8.61. The summed E-state index contributed by atoms with van der Waals surface area (Å²) in [6.45, 7) is 3.74. The standard InChI is InChI=1S/C12H15N5O/c1-8-4-6-10(7-5-8)11-14-16-17(15-11)9(2)12(18)13-3/h4-7,9H,1-3H3,(H,13,18)/t9-/m0/s1. The Labute approximate surface area is 105 Å². The first kappa shape index (κ1) is 12.2. The number of likely N-dealkylation sites (N-methyl/N-ethyl adjacent to an activating group) is 1. The van der Waals surface area contributed by atoms with E-state index in [1.807, 2.05) is 31.2 Å². The Morgan fingerprint density at radius 1 is 1.33 bits per heavy atom. The summed E-state index contributed by atoms with van der Waals surface area (Å²) in [5.74, 6) is 0.369. The fourth-order valence-corrected chi connectivity index (χ4v) is 1.52. The van der Waals surface area contributed by atoms with Crippen LogP contribution in [0, 0.1) is 6.92 Å². The van der Waals surface area contributed by atoms with Crippen molar-refractivity contribution in [2.24, 2.45) is 0 Å². The maximum atomic E-state index is 11.5. The maximum absolute atomic E-state index is 11.5. The van der Waals surface area contributed by atoms with E-state index in [-0.39, 0.29) is 5.91 Å². The highest BCUT2D eigenvalue weighted by Gasteiger charge is 2.17. The molecule has 0 fully saturated rings. The number of tetrazole rings is 1. The number of aryl methyl sites for hydroxylation is 1. The smallest absolute Gasteiger partial charge is 0.246 e. The number of amides is 1. The molecule has 0 aliphatic carbocycles. The van der Waals surface area contributed by atoms with Gasteiger partial charge in [0.1, 0.15) is 6.04 Å². The summed E-state index contributed by atoms with van der Waals surface area (Å²) < 4.78 is 0. The second-order valence-corrected chi connectivity index (χ2v) is 4.09. The summed E-state index contributed by atoms with van der Waals surface area (Å²) in [7, 11) is 1.58. The molecule has 1 aromatic carbocycles.